The van der Waals surface area contributed by atoms with Gasteiger partial charge < -0.3 is 5.73 Å². The van der Waals surface area contributed by atoms with Gasteiger partial charge in [-0.05, 0) is 43.4 Å². The number of hydrogen-bond acceptors (Lipinski definition) is 3. The monoisotopic (exact) mass is 283 g/mol. The summed E-state index contributed by atoms with van der Waals surface area (Å²) >= 11 is 0. The van der Waals surface area contributed by atoms with E-state index in [0.29, 0.717) is 30.4 Å². The van der Waals surface area contributed by atoms with Crippen LogP contribution in [0.2, 0.25) is 0 Å². The van der Waals surface area contributed by atoms with Crippen LogP contribution in [0.4, 0.5) is 11.4 Å². The first-order valence-electron chi connectivity index (χ1n) is 6.52. The Bertz CT molecular complexity index is 549. The quantitative estimate of drug-likeness (QED) is 0.833. The van der Waals surface area contributed by atoms with Crippen molar-refractivity contribution < 1.29 is 8.42 Å². The van der Waals surface area contributed by atoms with Gasteiger partial charge in [-0.3, -0.25) is 4.72 Å². The van der Waals surface area contributed by atoms with E-state index in [9.17, 15) is 8.42 Å². The maximum absolute atomic E-state index is 12.3. The highest BCUT2D eigenvalue weighted by molar-refractivity contribution is 7.90. The zero-order valence-corrected chi connectivity index (χ0v) is 12.2. The van der Waals surface area contributed by atoms with E-state index < -0.39 is 10.2 Å². The Morgan fingerprint density at radius 3 is 2.53 bits per heavy atom. The molecule has 3 N–H and O–H groups in total. The van der Waals surface area contributed by atoms with Crippen LogP contribution in [0.5, 0.6) is 0 Å². The smallest absolute Gasteiger partial charge is 0.301 e. The summed E-state index contributed by atoms with van der Waals surface area (Å²) in [6.45, 7) is 5.21. The molecule has 0 unspecified atom stereocenters. The summed E-state index contributed by atoms with van der Waals surface area (Å²) in [5, 5.41) is 0. The third kappa shape index (κ3) is 3.39. The number of benzene rings is 1. The van der Waals surface area contributed by atoms with Crippen molar-refractivity contribution in [3.8, 4) is 0 Å². The van der Waals surface area contributed by atoms with Gasteiger partial charge in [-0.15, -0.1) is 0 Å². The molecule has 0 bridgehead atoms. The van der Waals surface area contributed by atoms with E-state index in [4.69, 9.17) is 5.73 Å². The minimum absolute atomic E-state index is 0.448. The highest BCUT2D eigenvalue weighted by Crippen LogP contribution is 2.24. The van der Waals surface area contributed by atoms with Gasteiger partial charge in [0.25, 0.3) is 0 Å². The summed E-state index contributed by atoms with van der Waals surface area (Å²) in [6.07, 6.45) is 1.81. The topological polar surface area (TPSA) is 75.4 Å². The van der Waals surface area contributed by atoms with Crippen LogP contribution in [0.25, 0.3) is 0 Å². The number of rotatable bonds is 3. The van der Waals surface area contributed by atoms with Crippen LogP contribution in [-0.2, 0) is 10.2 Å². The predicted molar refractivity (Wildman–Crippen MR) is 78.1 cm³/mol. The standard InChI is InChI=1S/C13H21N3O2S/c1-10-5-7-16(8-6-10)19(17,18)15-13-4-3-11(2)9-12(13)14/h3-4,9-10,15H,5-8,14H2,1-2H3. The summed E-state index contributed by atoms with van der Waals surface area (Å²) in [5.41, 5.74) is 7.74. The van der Waals surface area contributed by atoms with Gasteiger partial charge >= 0.3 is 10.2 Å². The van der Waals surface area contributed by atoms with Crippen molar-refractivity contribution in [2.45, 2.75) is 26.7 Å². The first-order valence-corrected chi connectivity index (χ1v) is 7.96. The lowest BCUT2D eigenvalue weighted by Crippen LogP contribution is -2.41. The normalized spacial score (nSPS) is 18.4. The molecule has 19 heavy (non-hydrogen) atoms. The van der Waals surface area contributed by atoms with Crippen LogP contribution >= 0.6 is 0 Å². The number of anilines is 2. The van der Waals surface area contributed by atoms with E-state index in [1.807, 2.05) is 13.0 Å². The molecule has 1 aliphatic heterocycles. The predicted octanol–water partition coefficient (Wildman–Crippen LogP) is 1.97. The van der Waals surface area contributed by atoms with Gasteiger partial charge in [0.1, 0.15) is 0 Å². The van der Waals surface area contributed by atoms with Gasteiger partial charge in [-0.1, -0.05) is 13.0 Å². The van der Waals surface area contributed by atoms with E-state index in [2.05, 4.69) is 11.6 Å². The van der Waals surface area contributed by atoms with Crippen molar-refractivity contribution in [3.05, 3.63) is 23.8 Å². The Labute approximate surface area is 115 Å². The molecule has 0 amide bonds. The molecule has 2 rings (SSSR count). The van der Waals surface area contributed by atoms with Crippen molar-refractivity contribution in [2.75, 3.05) is 23.5 Å². The lowest BCUT2D eigenvalue weighted by molar-refractivity contribution is 0.289. The lowest BCUT2D eigenvalue weighted by atomic mass is 10.0. The van der Waals surface area contributed by atoms with E-state index in [1.165, 1.54) is 4.31 Å². The second-order valence-electron chi connectivity index (χ2n) is 5.28. The van der Waals surface area contributed by atoms with Gasteiger partial charge in [-0.2, -0.15) is 12.7 Å². The van der Waals surface area contributed by atoms with Gasteiger partial charge in [0.15, 0.2) is 0 Å². The van der Waals surface area contributed by atoms with E-state index in [-0.39, 0.29) is 0 Å². The van der Waals surface area contributed by atoms with E-state index in [0.717, 1.165) is 18.4 Å². The molecule has 1 fully saturated rings. The van der Waals surface area contributed by atoms with Crippen molar-refractivity contribution in [1.82, 2.24) is 4.31 Å². The van der Waals surface area contributed by atoms with Gasteiger partial charge in [-0.25, -0.2) is 0 Å². The maximum atomic E-state index is 12.3. The molecule has 1 aromatic carbocycles. The number of nitrogens with two attached hydrogens (primary N) is 1. The zero-order chi connectivity index (χ0) is 14.0. The number of nitrogens with zero attached hydrogens (tertiary/aromatic N) is 1. The van der Waals surface area contributed by atoms with Gasteiger partial charge in [0.2, 0.25) is 0 Å². The molecule has 0 aliphatic carbocycles. The summed E-state index contributed by atoms with van der Waals surface area (Å²) in [4.78, 5) is 0. The molecule has 1 aliphatic rings. The van der Waals surface area contributed by atoms with Crippen LogP contribution in [0.3, 0.4) is 0 Å². The second kappa shape index (κ2) is 5.38. The summed E-state index contributed by atoms with van der Waals surface area (Å²) in [7, 11) is -3.49. The Morgan fingerprint density at radius 1 is 1.32 bits per heavy atom. The SMILES string of the molecule is Cc1ccc(NS(=O)(=O)N2CCC(C)CC2)c(N)c1. The van der Waals surface area contributed by atoms with Gasteiger partial charge in [0.05, 0.1) is 11.4 Å². The number of aryl methyl sites for hydroxylation is 1. The van der Waals surface area contributed by atoms with Crippen LogP contribution in [0, 0.1) is 12.8 Å². The lowest BCUT2D eigenvalue weighted by Gasteiger charge is -2.29. The summed E-state index contributed by atoms with van der Waals surface area (Å²) < 4.78 is 28.6. The largest absolute Gasteiger partial charge is 0.397 e. The van der Waals surface area contributed by atoms with E-state index in [1.54, 1.807) is 12.1 Å². The van der Waals surface area contributed by atoms with Crippen LogP contribution in [0.15, 0.2) is 18.2 Å². The van der Waals surface area contributed by atoms with Crippen molar-refractivity contribution in [2.24, 2.45) is 5.92 Å². The number of hydrogen-bond donors (Lipinski definition) is 2. The Hall–Kier alpha value is -1.27. The van der Waals surface area contributed by atoms with Crippen LogP contribution in [-0.4, -0.2) is 25.8 Å². The molecule has 1 aromatic rings. The average Bonchev–Trinajstić information content (AvgIpc) is 2.33. The third-order valence-corrected chi connectivity index (χ3v) is 5.05. The maximum Gasteiger partial charge on any atom is 0.301 e. The van der Waals surface area contributed by atoms with E-state index >= 15 is 0 Å². The van der Waals surface area contributed by atoms with Crippen molar-refractivity contribution in [1.29, 1.82) is 0 Å². The molecule has 0 atom stereocenters. The number of nitrogen functional groups attached to an aromatic ring is 1. The fourth-order valence-corrected chi connectivity index (χ4v) is 3.49. The van der Waals surface area contributed by atoms with Crippen molar-refractivity contribution in [3.63, 3.8) is 0 Å². The summed E-state index contributed by atoms with van der Waals surface area (Å²) in [5.74, 6) is 0.593. The number of piperidine rings is 1. The Morgan fingerprint density at radius 2 is 1.95 bits per heavy atom. The zero-order valence-electron chi connectivity index (χ0n) is 11.4. The Kier molecular flexibility index (Phi) is 4.01. The van der Waals surface area contributed by atoms with Crippen molar-refractivity contribution >= 4 is 21.6 Å². The third-order valence-electron chi connectivity index (χ3n) is 3.53. The first kappa shape index (κ1) is 14.1. The average molecular weight is 283 g/mol. The molecule has 1 heterocycles. The molecule has 6 heteroatoms. The fraction of sp³-hybridized carbons (Fsp3) is 0.538. The minimum Gasteiger partial charge on any atom is -0.397 e. The Balaban J connectivity index is 2.12. The first-order chi connectivity index (χ1) is 8.88. The molecular formula is C13H21N3O2S. The molecule has 1 saturated heterocycles. The minimum atomic E-state index is -3.49. The molecule has 0 saturated carbocycles. The molecule has 0 aromatic heterocycles. The van der Waals surface area contributed by atoms with Crippen LogP contribution < -0.4 is 10.5 Å². The van der Waals surface area contributed by atoms with Gasteiger partial charge in [0, 0.05) is 13.1 Å². The highest BCUT2D eigenvalue weighted by atomic mass is 32.2. The molecule has 106 valence electrons. The highest BCUT2D eigenvalue weighted by Gasteiger charge is 2.26. The molecule has 0 spiro atoms. The fourth-order valence-electron chi connectivity index (χ4n) is 2.20. The second-order valence-corrected chi connectivity index (χ2v) is 6.95. The molecule has 5 nitrogen and oxygen atoms in total. The number of nitrogens with one attached hydrogen (secondary N) is 1. The summed E-state index contributed by atoms with van der Waals surface area (Å²) in [6, 6.07) is 5.30. The molecular weight excluding hydrogens is 262 g/mol. The molecule has 0 radical (unpaired) electrons. The van der Waals surface area contributed by atoms with Crippen LogP contribution in [0.1, 0.15) is 25.3 Å².